The van der Waals surface area contributed by atoms with Crippen molar-refractivity contribution in [1.29, 1.82) is 0 Å². The van der Waals surface area contributed by atoms with Crippen LogP contribution in [0, 0.1) is 0 Å². The van der Waals surface area contributed by atoms with Gasteiger partial charge in [0.2, 0.25) is 0 Å². The molecule has 162 valence electrons. The fourth-order valence-corrected chi connectivity index (χ4v) is 3.97. The van der Waals surface area contributed by atoms with Crippen molar-refractivity contribution in [2.75, 3.05) is 21.0 Å². The topological polar surface area (TPSA) is 74.0 Å². The Balaban J connectivity index is 1.52. The molecule has 0 atom stereocenters. The molecule has 0 amide bonds. The number of aromatic nitrogens is 1. The van der Waals surface area contributed by atoms with E-state index in [1.54, 1.807) is 32.5 Å². The van der Waals surface area contributed by atoms with E-state index in [2.05, 4.69) is 9.88 Å². The number of hydrogen-bond donors (Lipinski definition) is 0. The van der Waals surface area contributed by atoms with Crippen LogP contribution >= 0.6 is 0 Å². The Morgan fingerprint density at radius 1 is 1.03 bits per heavy atom. The molecule has 0 unspecified atom stereocenters. The fraction of sp³-hybridized carbons (Fsp3) is 0.200. The lowest BCUT2D eigenvalue weighted by molar-refractivity contribution is 0.0878. The summed E-state index contributed by atoms with van der Waals surface area (Å²) in [5.41, 5.74) is 3.10. The van der Waals surface area contributed by atoms with E-state index < -0.39 is 5.63 Å². The predicted molar refractivity (Wildman–Crippen MR) is 120 cm³/mol. The van der Waals surface area contributed by atoms with Crippen LogP contribution in [-0.2, 0) is 13.1 Å². The Bertz CT molecular complexity index is 1330. The Hall–Kier alpha value is -3.84. The highest BCUT2D eigenvalue weighted by molar-refractivity contribution is 5.86. The third-order valence-corrected chi connectivity index (χ3v) is 5.55. The molecule has 0 aliphatic carbocycles. The summed E-state index contributed by atoms with van der Waals surface area (Å²) in [6, 6.07) is 16.9. The molecule has 0 saturated carbocycles. The Kier molecular flexibility index (Phi) is 5.25. The summed E-state index contributed by atoms with van der Waals surface area (Å²) in [6.45, 7) is 1.69. The van der Waals surface area contributed by atoms with Gasteiger partial charge in [-0.2, -0.15) is 0 Å². The first kappa shape index (κ1) is 20.1. The molecule has 4 aromatic rings. The second-order valence-electron chi connectivity index (χ2n) is 7.56. The van der Waals surface area contributed by atoms with Crippen molar-refractivity contribution in [2.45, 2.75) is 13.1 Å². The highest BCUT2D eigenvalue weighted by Crippen LogP contribution is 2.35. The van der Waals surface area contributed by atoms with E-state index in [1.165, 1.54) is 0 Å². The Morgan fingerprint density at radius 2 is 1.91 bits per heavy atom. The third kappa shape index (κ3) is 3.67. The number of benzene rings is 2. The van der Waals surface area contributed by atoms with Crippen LogP contribution in [0.25, 0.3) is 22.1 Å². The molecule has 0 saturated heterocycles. The van der Waals surface area contributed by atoms with Crippen molar-refractivity contribution in [2.24, 2.45) is 0 Å². The van der Waals surface area contributed by atoms with Crippen molar-refractivity contribution >= 4 is 11.0 Å². The number of nitrogens with zero attached hydrogens (tertiary/aromatic N) is 2. The summed E-state index contributed by atoms with van der Waals surface area (Å²) in [4.78, 5) is 19.4. The highest BCUT2D eigenvalue weighted by Gasteiger charge is 2.23. The van der Waals surface area contributed by atoms with Crippen molar-refractivity contribution in [3.63, 3.8) is 0 Å². The quantitative estimate of drug-likeness (QED) is 0.439. The molecule has 0 radical (unpaired) electrons. The Labute approximate surface area is 184 Å². The van der Waals surface area contributed by atoms with Crippen molar-refractivity contribution in [1.82, 2.24) is 9.88 Å². The van der Waals surface area contributed by atoms with Crippen LogP contribution in [0.2, 0.25) is 0 Å². The smallest absolute Gasteiger partial charge is 0.344 e. The zero-order chi connectivity index (χ0) is 22.1. The maximum atomic E-state index is 12.9. The first-order valence-corrected chi connectivity index (χ1v) is 10.2. The zero-order valence-corrected chi connectivity index (χ0v) is 17.8. The van der Waals surface area contributed by atoms with Gasteiger partial charge in [0.15, 0.2) is 11.5 Å². The number of ether oxygens (including phenoxy) is 3. The number of rotatable bonds is 5. The molecule has 3 heterocycles. The van der Waals surface area contributed by atoms with E-state index in [4.69, 9.17) is 18.6 Å². The minimum absolute atomic E-state index is 0.417. The van der Waals surface area contributed by atoms with Gasteiger partial charge in [0.25, 0.3) is 0 Å². The summed E-state index contributed by atoms with van der Waals surface area (Å²) in [5, 5.41) is 0.830. The van der Waals surface area contributed by atoms with Crippen molar-refractivity contribution < 1.29 is 18.6 Å². The van der Waals surface area contributed by atoms with Gasteiger partial charge in [0.1, 0.15) is 18.1 Å². The summed E-state index contributed by atoms with van der Waals surface area (Å²) in [6.07, 6.45) is 1.78. The molecule has 1 aliphatic heterocycles. The molecule has 7 nitrogen and oxygen atoms in total. The molecule has 7 heteroatoms. The Morgan fingerprint density at radius 3 is 2.69 bits per heavy atom. The van der Waals surface area contributed by atoms with E-state index in [1.807, 2.05) is 42.5 Å². The molecule has 2 aromatic carbocycles. The fourth-order valence-electron chi connectivity index (χ4n) is 3.97. The molecule has 0 N–H and O–H groups in total. The zero-order valence-electron chi connectivity index (χ0n) is 17.8. The van der Waals surface area contributed by atoms with E-state index in [0.29, 0.717) is 48.0 Å². The summed E-state index contributed by atoms with van der Waals surface area (Å²) in [7, 11) is 3.14. The molecule has 1 aliphatic rings. The van der Waals surface area contributed by atoms with E-state index in [9.17, 15) is 4.79 Å². The summed E-state index contributed by atoms with van der Waals surface area (Å²) < 4.78 is 22.4. The lowest BCUT2D eigenvalue weighted by Gasteiger charge is -2.29. The van der Waals surface area contributed by atoms with Crippen molar-refractivity contribution in [3.8, 4) is 28.4 Å². The standard InChI is InChI=1S/C25H22N2O5/c1-29-22-9-6-16(12-23(22)30-2)19-11-17-7-8-21-20(24(17)32-25(19)28)14-27(15-31-21)13-18-5-3-4-10-26-18/h3-12H,13-15H2,1-2H3. The number of pyridine rings is 1. The van der Waals surface area contributed by atoms with E-state index >= 15 is 0 Å². The maximum absolute atomic E-state index is 12.9. The van der Waals surface area contributed by atoms with Crippen LogP contribution in [-0.4, -0.2) is 30.8 Å². The molecule has 2 aromatic heterocycles. The average molecular weight is 430 g/mol. The van der Waals surface area contributed by atoms with Gasteiger partial charge in [0.05, 0.1) is 31.0 Å². The van der Waals surface area contributed by atoms with E-state index in [-0.39, 0.29) is 0 Å². The first-order chi connectivity index (χ1) is 15.7. The van der Waals surface area contributed by atoms with Crippen LogP contribution in [0.15, 0.2) is 70.0 Å². The van der Waals surface area contributed by atoms with Crippen molar-refractivity contribution in [3.05, 3.63) is 82.5 Å². The molecule has 0 spiro atoms. The monoisotopic (exact) mass is 430 g/mol. The minimum Gasteiger partial charge on any atom is -0.493 e. The molecule has 0 bridgehead atoms. The normalized spacial score (nSPS) is 13.4. The van der Waals surface area contributed by atoms with Crippen LogP contribution in [0.4, 0.5) is 0 Å². The summed E-state index contributed by atoms with van der Waals surface area (Å²) >= 11 is 0. The second-order valence-corrected chi connectivity index (χ2v) is 7.56. The lowest BCUT2D eigenvalue weighted by atomic mass is 10.0. The van der Waals surface area contributed by atoms with Gasteiger partial charge < -0.3 is 18.6 Å². The molecule has 5 rings (SSSR count). The average Bonchev–Trinajstić information content (AvgIpc) is 2.84. The summed E-state index contributed by atoms with van der Waals surface area (Å²) in [5.74, 6) is 1.88. The lowest BCUT2D eigenvalue weighted by Crippen LogP contribution is -2.32. The number of hydrogen-bond acceptors (Lipinski definition) is 7. The number of methoxy groups -OCH3 is 2. The third-order valence-electron chi connectivity index (χ3n) is 5.55. The predicted octanol–water partition coefficient (Wildman–Crippen LogP) is 4.22. The van der Waals surface area contributed by atoms with Crippen LogP contribution in [0.5, 0.6) is 17.2 Å². The van der Waals surface area contributed by atoms with E-state index in [0.717, 1.165) is 22.4 Å². The molecule has 32 heavy (non-hydrogen) atoms. The van der Waals surface area contributed by atoms with Gasteiger partial charge in [-0.3, -0.25) is 9.88 Å². The van der Waals surface area contributed by atoms with Gasteiger partial charge in [-0.15, -0.1) is 0 Å². The number of fused-ring (bicyclic) bond motifs is 3. The maximum Gasteiger partial charge on any atom is 0.344 e. The minimum atomic E-state index is -0.417. The highest BCUT2D eigenvalue weighted by atomic mass is 16.5. The van der Waals surface area contributed by atoms with Crippen LogP contribution in [0.1, 0.15) is 11.3 Å². The van der Waals surface area contributed by atoms with Gasteiger partial charge in [-0.25, -0.2) is 4.79 Å². The largest absolute Gasteiger partial charge is 0.493 e. The molecule has 0 fully saturated rings. The SMILES string of the molecule is COc1ccc(-c2cc3ccc4c(c3oc2=O)CN(Cc2ccccn2)CO4)cc1OC. The molecular formula is C25H22N2O5. The van der Waals surface area contributed by atoms with Gasteiger partial charge in [-0.1, -0.05) is 12.1 Å². The van der Waals surface area contributed by atoms with Crippen LogP contribution in [0.3, 0.4) is 0 Å². The van der Waals surface area contributed by atoms with Gasteiger partial charge in [0, 0.05) is 24.7 Å². The second kappa shape index (κ2) is 8.36. The van der Waals surface area contributed by atoms with Gasteiger partial charge >= 0.3 is 5.63 Å². The molecular weight excluding hydrogens is 408 g/mol. The first-order valence-electron chi connectivity index (χ1n) is 10.2. The van der Waals surface area contributed by atoms with Gasteiger partial charge in [-0.05, 0) is 48.0 Å². The van der Waals surface area contributed by atoms with Crippen LogP contribution < -0.4 is 19.8 Å².